The normalized spacial score (nSPS) is 16.7. The minimum absolute atomic E-state index is 0.0647. The van der Waals surface area contributed by atoms with E-state index in [-0.39, 0.29) is 11.7 Å². The van der Waals surface area contributed by atoms with Crippen molar-refractivity contribution in [3.63, 3.8) is 0 Å². The van der Waals surface area contributed by atoms with E-state index in [4.69, 9.17) is 4.74 Å². The molecule has 1 aromatic rings. The van der Waals surface area contributed by atoms with E-state index in [1.807, 2.05) is 0 Å². The highest BCUT2D eigenvalue weighted by Gasteiger charge is 2.26. The van der Waals surface area contributed by atoms with Gasteiger partial charge >= 0.3 is 0 Å². The fourth-order valence-electron chi connectivity index (χ4n) is 2.73. The molecule has 0 saturated carbocycles. The number of likely N-dealkylation sites (tertiary alicyclic amines) is 1. The van der Waals surface area contributed by atoms with Crippen LogP contribution in [-0.2, 0) is 4.79 Å². The molecular formula is C18H23FN2O2. The van der Waals surface area contributed by atoms with Gasteiger partial charge in [0.15, 0.2) is 0 Å². The highest BCUT2D eigenvalue weighted by atomic mass is 19.1. The second kappa shape index (κ2) is 8.52. The summed E-state index contributed by atoms with van der Waals surface area (Å²) in [5, 5.41) is 9.24. The molecule has 0 spiro atoms. The Morgan fingerprint density at radius 1 is 1.48 bits per heavy atom. The van der Waals surface area contributed by atoms with Crippen molar-refractivity contribution in [3.05, 3.63) is 30.1 Å². The maximum atomic E-state index is 13.0. The third-order valence-corrected chi connectivity index (χ3v) is 4.25. The number of ether oxygens (including phenoxy) is 1. The van der Waals surface area contributed by atoms with E-state index < -0.39 is 5.92 Å². The number of hydrogen-bond donors (Lipinski definition) is 0. The first-order valence-electron chi connectivity index (χ1n) is 8.17. The lowest BCUT2D eigenvalue weighted by Crippen LogP contribution is -2.41. The summed E-state index contributed by atoms with van der Waals surface area (Å²) in [6.07, 6.45) is 3.07. The van der Waals surface area contributed by atoms with Gasteiger partial charge in [-0.15, -0.1) is 0 Å². The maximum absolute atomic E-state index is 13.0. The smallest absolute Gasteiger partial charge is 0.239 e. The second-order valence-corrected chi connectivity index (χ2v) is 6.14. The predicted octanol–water partition coefficient (Wildman–Crippen LogP) is 3.38. The molecule has 0 aromatic heterocycles. The Bertz CT molecular complexity index is 562. The van der Waals surface area contributed by atoms with Crippen LogP contribution in [0.25, 0.3) is 0 Å². The largest absolute Gasteiger partial charge is 0.493 e. The van der Waals surface area contributed by atoms with Crippen molar-refractivity contribution in [1.29, 1.82) is 5.26 Å². The molecule has 1 heterocycles. The van der Waals surface area contributed by atoms with Crippen LogP contribution in [0.1, 0.15) is 32.6 Å². The first-order chi connectivity index (χ1) is 11.1. The minimum atomic E-state index is -0.612. The summed E-state index contributed by atoms with van der Waals surface area (Å²) in [6, 6.07) is 8.06. The zero-order chi connectivity index (χ0) is 16.7. The van der Waals surface area contributed by atoms with Crippen molar-refractivity contribution in [2.75, 3.05) is 19.7 Å². The quantitative estimate of drug-likeness (QED) is 0.756. The molecule has 0 aliphatic carbocycles. The number of halogens is 1. The van der Waals surface area contributed by atoms with Gasteiger partial charge in [-0.05, 0) is 43.7 Å². The Labute approximate surface area is 136 Å². The number of hydrogen-bond acceptors (Lipinski definition) is 3. The topological polar surface area (TPSA) is 53.3 Å². The molecule has 2 rings (SSSR count). The van der Waals surface area contributed by atoms with Crippen molar-refractivity contribution in [2.24, 2.45) is 11.8 Å². The first-order valence-corrected chi connectivity index (χ1v) is 8.17. The number of nitrogens with zero attached hydrogens (tertiary/aromatic N) is 2. The van der Waals surface area contributed by atoms with E-state index >= 15 is 0 Å². The summed E-state index contributed by atoms with van der Waals surface area (Å²) in [6.45, 7) is 4.05. The van der Waals surface area contributed by atoms with Crippen LogP contribution in [0.5, 0.6) is 5.75 Å². The van der Waals surface area contributed by atoms with Gasteiger partial charge in [-0.25, -0.2) is 4.39 Å². The predicted molar refractivity (Wildman–Crippen MR) is 85.2 cm³/mol. The lowest BCUT2D eigenvalue weighted by Gasteiger charge is -2.31. The number of nitriles is 1. The number of carbonyl (C=O) groups excluding carboxylic acids is 1. The van der Waals surface area contributed by atoms with E-state index in [2.05, 4.69) is 13.0 Å². The summed E-state index contributed by atoms with van der Waals surface area (Å²) >= 11 is 0. The van der Waals surface area contributed by atoms with Crippen LogP contribution in [0.4, 0.5) is 4.39 Å². The van der Waals surface area contributed by atoms with Crippen molar-refractivity contribution < 1.29 is 13.9 Å². The van der Waals surface area contributed by atoms with Gasteiger partial charge in [0, 0.05) is 19.2 Å². The lowest BCUT2D eigenvalue weighted by atomic mass is 9.96. The molecule has 1 aromatic carbocycles. The molecule has 1 aliphatic rings. The molecule has 1 aliphatic heterocycles. The van der Waals surface area contributed by atoms with E-state index in [1.165, 1.54) is 12.1 Å². The second-order valence-electron chi connectivity index (χ2n) is 6.14. The highest BCUT2D eigenvalue weighted by Crippen LogP contribution is 2.20. The summed E-state index contributed by atoms with van der Waals surface area (Å²) < 4.78 is 18.5. The molecule has 124 valence electrons. The highest BCUT2D eigenvalue weighted by molar-refractivity contribution is 5.81. The molecule has 0 radical (unpaired) electrons. The molecule has 5 heteroatoms. The fourth-order valence-corrected chi connectivity index (χ4v) is 2.73. The number of piperidine rings is 1. The zero-order valence-electron chi connectivity index (χ0n) is 13.5. The van der Waals surface area contributed by atoms with Gasteiger partial charge in [-0.2, -0.15) is 5.26 Å². The number of rotatable bonds is 6. The van der Waals surface area contributed by atoms with Crippen LogP contribution in [0.2, 0.25) is 0 Å². The Morgan fingerprint density at radius 3 is 2.87 bits per heavy atom. The van der Waals surface area contributed by atoms with Crippen LogP contribution in [-0.4, -0.2) is 30.5 Å². The van der Waals surface area contributed by atoms with Crippen LogP contribution < -0.4 is 4.74 Å². The van der Waals surface area contributed by atoms with Crippen LogP contribution in [0.3, 0.4) is 0 Å². The summed E-state index contributed by atoms with van der Waals surface area (Å²) in [5.41, 5.74) is 0. The monoisotopic (exact) mass is 318 g/mol. The zero-order valence-corrected chi connectivity index (χ0v) is 13.5. The first kappa shape index (κ1) is 17.3. The number of carbonyl (C=O) groups is 1. The molecule has 1 saturated heterocycles. The maximum Gasteiger partial charge on any atom is 0.239 e. The Kier molecular flexibility index (Phi) is 6.40. The van der Waals surface area contributed by atoms with Crippen LogP contribution in [0.15, 0.2) is 24.3 Å². The van der Waals surface area contributed by atoms with Gasteiger partial charge < -0.3 is 9.64 Å². The van der Waals surface area contributed by atoms with Crippen molar-refractivity contribution in [2.45, 2.75) is 32.6 Å². The molecule has 1 fully saturated rings. The average molecular weight is 318 g/mol. The van der Waals surface area contributed by atoms with Crippen molar-refractivity contribution in [3.8, 4) is 11.8 Å². The molecule has 1 unspecified atom stereocenters. The van der Waals surface area contributed by atoms with E-state index in [9.17, 15) is 14.4 Å². The van der Waals surface area contributed by atoms with Crippen LogP contribution >= 0.6 is 0 Å². The third-order valence-electron chi connectivity index (χ3n) is 4.25. The third kappa shape index (κ3) is 5.24. The standard InChI is InChI=1S/C18H23FN2O2/c1-14-7-9-21(10-8-14)18(22)15(13-20)4-3-11-23-17-6-2-5-16(19)12-17/h2,5-6,12,14-15H,3-4,7-11H2,1H3. The van der Waals surface area contributed by atoms with Gasteiger partial charge in [0.1, 0.15) is 17.5 Å². The molecule has 23 heavy (non-hydrogen) atoms. The molecule has 1 atom stereocenters. The van der Waals surface area contributed by atoms with E-state index in [1.54, 1.807) is 17.0 Å². The Hall–Kier alpha value is -2.09. The fraction of sp³-hybridized carbons (Fsp3) is 0.556. The lowest BCUT2D eigenvalue weighted by molar-refractivity contribution is -0.135. The Balaban J connectivity index is 1.74. The molecule has 0 N–H and O–H groups in total. The van der Waals surface area contributed by atoms with Gasteiger partial charge in [0.25, 0.3) is 0 Å². The van der Waals surface area contributed by atoms with Gasteiger partial charge in [-0.3, -0.25) is 4.79 Å². The molecule has 1 amide bonds. The van der Waals surface area contributed by atoms with Crippen molar-refractivity contribution >= 4 is 5.91 Å². The van der Waals surface area contributed by atoms with Crippen molar-refractivity contribution in [1.82, 2.24) is 4.90 Å². The SMILES string of the molecule is CC1CCN(C(=O)C(C#N)CCCOc2cccc(F)c2)CC1. The molecule has 0 bridgehead atoms. The average Bonchev–Trinajstić information content (AvgIpc) is 2.55. The summed E-state index contributed by atoms with van der Waals surface area (Å²) in [5.74, 6) is 0.102. The number of amides is 1. The van der Waals surface area contributed by atoms with Gasteiger partial charge in [-0.1, -0.05) is 13.0 Å². The van der Waals surface area contributed by atoms with Gasteiger partial charge in [0.05, 0.1) is 12.7 Å². The molecular weight excluding hydrogens is 295 g/mol. The summed E-state index contributed by atoms with van der Waals surface area (Å²) in [7, 11) is 0. The summed E-state index contributed by atoms with van der Waals surface area (Å²) in [4.78, 5) is 14.2. The van der Waals surface area contributed by atoms with Crippen LogP contribution in [0, 0.1) is 29.0 Å². The Morgan fingerprint density at radius 2 is 2.22 bits per heavy atom. The minimum Gasteiger partial charge on any atom is -0.493 e. The number of benzene rings is 1. The van der Waals surface area contributed by atoms with Gasteiger partial charge in [0.2, 0.25) is 5.91 Å². The molecule has 4 nitrogen and oxygen atoms in total. The van der Waals surface area contributed by atoms with E-state index in [0.29, 0.717) is 31.1 Å². The van der Waals surface area contributed by atoms with E-state index in [0.717, 1.165) is 25.9 Å².